The van der Waals surface area contributed by atoms with Crippen molar-refractivity contribution in [1.82, 2.24) is 0 Å². The van der Waals surface area contributed by atoms with E-state index in [1.165, 1.54) is 4.90 Å². The number of fused-ring (bicyclic) bond motifs is 1. The Hall–Kier alpha value is -3.45. The lowest BCUT2D eigenvalue weighted by atomic mass is 10.1. The fraction of sp³-hybridized carbons (Fsp3) is 0.227. The van der Waals surface area contributed by atoms with Gasteiger partial charge >= 0.3 is 0 Å². The van der Waals surface area contributed by atoms with Crippen LogP contribution in [0.5, 0.6) is 5.75 Å². The average molecular weight is 394 g/mol. The van der Waals surface area contributed by atoms with Crippen LogP contribution in [-0.2, 0) is 14.3 Å². The SMILES string of the molecule is C=CCN1C(=O)COc2ccc(C(=O)COCC(=O)Nc3cccc(C)c3)cc21. The van der Waals surface area contributed by atoms with E-state index in [4.69, 9.17) is 9.47 Å². The molecular weight excluding hydrogens is 372 g/mol. The lowest BCUT2D eigenvalue weighted by Gasteiger charge is -2.28. The third-order valence-electron chi connectivity index (χ3n) is 4.30. The number of rotatable bonds is 8. The first-order valence-corrected chi connectivity index (χ1v) is 9.13. The Morgan fingerprint density at radius 2 is 2.07 bits per heavy atom. The van der Waals surface area contributed by atoms with Crippen LogP contribution in [0.2, 0.25) is 0 Å². The van der Waals surface area contributed by atoms with Crippen LogP contribution in [0.1, 0.15) is 15.9 Å². The summed E-state index contributed by atoms with van der Waals surface area (Å²) in [6.45, 7) is 5.36. The predicted octanol–water partition coefficient (Wildman–Crippen LogP) is 2.74. The van der Waals surface area contributed by atoms with Crippen molar-refractivity contribution in [1.29, 1.82) is 0 Å². The Balaban J connectivity index is 1.58. The summed E-state index contributed by atoms with van der Waals surface area (Å²) in [4.78, 5) is 38.0. The molecular formula is C22H22N2O5. The normalized spacial score (nSPS) is 12.7. The highest BCUT2D eigenvalue weighted by Gasteiger charge is 2.25. The maximum atomic E-state index is 12.4. The summed E-state index contributed by atoms with van der Waals surface area (Å²) in [7, 11) is 0. The number of ketones is 1. The van der Waals surface area contributed by atoms with Crippen LogP contribution in [0.4, 0.5) is 11.4 Å². The fourth-order valence-corrected chi connectivity index (χ4v) is 2.94. The molecule has 1 heterocycles. The number of carbonyl (C=O) groups is 3. The van der Waals surface area contributed by atoms with Crippen LogP contribution >= 0.6 is 0 Å². The van der Waals surface area contributed by atoms with Gasteiger partial charge < -0.3 is 19.7 Å². The molecule has 0 fully saturated rings. The van der Waals surface area contributed by atoms with Crippen molar-refractivity contribution in [2.45, 2.75) is 6.92 Å². The molecule has 7 nitrogen and oxygen atoms in total. The maximum absolute atomic E-state index is 12.4. The van der Waals surface area contributed by atoms with E-state index in [2.05, 4.69) is 11.9 Å². The van der Waals surface area contributed by atoms with E-state index < -0.39 is 0 Å². The fourth-order valence-electron chi connectivity index (χ4n) is 2.94. The van der Waals surface area contributed by atoms with E-state index in [1.807, 2.05) is 25.1 Å². The summed E-state index contributed by atoms with van der Waals surface area (Å²) in [5, 5.41) is 2.72. The molecule has 0 unspecified atom stereocenters. The number of hydrogen-bond donors (Lipinski definition) is 1. The van der Waals surface area contributed by atoms with Crippen LogP contribution < -0.4 is 15.0 Å². The molecule has 1 N–H and O–H groups in total. The third-order valence-corrected chi connectivity index (χ3v) is 4.30. The van der Waals surface area contributed by atoms with Gasteiger partial charge in [0.25, 0.3) is 5.91 Å². The average Bonchev–Trinajstić information content (AvgIpc) is 2.69. The smallest absolute Gasteiger partial charge is 0.265 e. The largest absolute Gasteiger partial charge is 0.482 e. The number of nitrogens with one attached hydrogen (secondary N) is 1. The summed E-state index contributed by atoms with van der Waals surface area (Å²) in [6, 6.07) is 12.2. The lowest BCUT2D eigenvalue weighted by Crippen LogP contribution is -2.39. The summed E-state index contributed by atoms with van der Waals surface area (Å²) in [5.74, 6) is -0.315. The minimum atomic E-state index is -0.343. The van der Waals surface area contributed by atoms with Gasteiger partial charge in [0, 0.05) is 17.8 Å². The summed E-state index contributed by atoms with van der Waals surface area (Å²) in [6.07, 6.45) is 1.61. The van der Waals surface area contributed by atoms with E-state index in [1.54, 1.807) is 30.3 Å². The Labute approximate surface area is 168 Å². The number of anilines is 2. The quantitative estimate of drug-likeness (QED) is 0.550. The predicted molar refractivity (Wildman–Crippen MR) is 109 cm³/mol. The van der Waals surface area contributed by atoms with Gasteiger partial charge in [-0.25, -0.2) is 0 Å². The second-order valence-corrected chi connectivity index (χ2v) is 6.60. The number of benzene rings is 2. The molecule has 0 saturated heterocycles. The third kappa shape index (κ3) is 5.08. The van der Waals surface area contributed by atoms with Crippen molar-refractivity contribution in [2.75, 3.05) is 36.6 Å². The van der Waals surface area contributed by atoms with Gasteiger partial charge in [0.15, 0.2) is 12.4 Å². The van der Waals surface area contributed by atoms with Gasteiger partial charge in [-0.15, -0.1) is 6.58 Å². The molecule has 2 aromatic rings. The Morgan fingerprint density at radius 1 is 1.24 bits per heavy atom. The molecule has 2 aromatic carbocycles. The van der Waals surface area contributed by atoms with E-state index >= 15 is 0 Å². The molecule has 1 aliphatic rings. The molecule has 0 aliphatic carbocycles. The minimum Gasteiger partial charge on any atom is -0.482 e. The molecule has 29 heavy (non-hydrogen) atoms. The highest BCUT2D eigenvalue weighted by atomic mass is 16.5. The highest BCUT2D eigenvalue weighted by molar-refractivity contribution is 6.02. The number of aryl methyl sites for hydroxylation is 1. The van der Waals surface area contributed by atoms with Crippen molar-refractivity contribution in [2.24, 2.45) is 0 Å². The zero-order chi connectivity index (χ0) is 20.8. The molecule has 0 radical (unpaired) electrons. The van der Waals surface area contributed by atoms with Crippen molar-refractivity contribution >= 4 is 29.0 Å². The Kier molecular flexibility index (Phi) is 6.41. The molecule has 0 aromatic heterocycles. The highest BCUT2D eigenvalue weighted by Crippen LogP contribution is 2.33. The first kappa shape index (κ1) is 20.3. The monoisotopic (exact) mass is 394 g/mol. The zero-order valence-corrected chi connectivity index (χ0v) is 16.1. The number of nitrogens with zero attached hydrogens (tertiary/aromatic N) is 1. The standard InChI is InChI=1S/C22H22N2O5/c1-3-9-24-18-11-16(7-8-20(18)29-14-22(24)27)19(25)12-28-13-21(26)23-17-6-4-5-15(2)10-17/h3-8,10-11H,1,9,12-14H2,2H3,(H,23,26). The second-order valence-electron chi connectivity index (χ2n) is 6.60. The second kappa shape index (κ2) is 9.16. The molecule has 150 valence electrons. The topological polar surface area (TPSA) is 84.9 Å². The first-order chi connectivity index (χ1) is 14.0. The molecule has 0 atom stereocenters. The van der Waals surface area contributed by atoms with Crippen LogP contribution in [0.25, 0.3) is 0 Å². The molecule has 0 saturated carbocycles. The van der Waals surface area contributed by atoms with Crippen LogP contribution in [0.3, 0.4) is 0 Å². The van der Waals surface area contributed by atoms with E-state index in [0.29, 0.717) is 29.2 Å². The number of amides is 2. The molecule has 2 amide bonds. The summed E-state index contributed by atoms with van der Waals surface area (Å²) in [5.41, 5.74) is 2.59. The van der Waals surface area contributed by atoms with Crippen molar-refractivity contribution in [3.8, 4) is 5.75 Å². The molecule has 7 heteroatoms. The van der Waals surface area contributed by atoms with E-state index in [0.717, 1.165) is 5.56 Å². The molecule has 0 spiro atoms. The summed E-state index contributed by atoms with van der Waals surface area (Å²) >= 11 is 0. The minimum absolute atomic E-state index is 0.0483. The van der Waals surface area contributed by atoms with Crippen LogP contribution in [0, 0.1) is 6.92 Å². The molecule has 3 rings (SSSR count). The van der Waals surface area contributed by atoms with Gasteiger partial charge in [-0.05, 0) is 42.8 Å². The first-order valence-electron chi connectivity index (χ1n) is 9.13. The molecule has 1 aliphatic heterocycles. The maximum Gasteiger partial charge on any atom is 0.265 e. The van der Waals surface area contributed by atoms with E-state index in [-0.39, 0.29) is 37.4 Å². The van der Waals surface area contributed by atoms with Crippen molar-refractivity contribution in [3.63, 3.8) is 0 Å². The van der Waals surface area contributed by atoms with Gasteiger partial charge in [0.1, 0.15) is 19.0 Å². The van der Waals surface area contributed by atoms with Crippen molar-refractivity contribution < 1.29 is 23.9 Å². The van der Waals surface area contributed by atoms with Gasteiger partial charge in [-0.3, -0.25) is 14.4 Å². The Bertz CT molecular complexity index is 954. The van der Waals surface area contributed by atoms with Gasteiger partial charge in [0.2, 0.25) is 5.91 Å². The van der Waals surface area contributed by atoms with Gasteiger partial charge in [0.05, 0.1) is 5.69 Å². The van der Waals surface area contributed by atoms with Crippen molar-refractivity contribution in [3.05, 3.63) is 66.2 Å². The van der Waals surface area contributed by atoms with Crippen LogP contribution in [-0.4, -0.2) is 44.0 Å². The number of Topliss-reactive ketones (excluding diaryl/α,β-unsaturated/α-hetero) is 1. The number of ether oxygens (including phenoxy) is 2. The van der Waals surface area contributed by atoms with E-state index in [9.17, 15) is 14.4 Å². The number of carbonyl (C=O) groups excluding carboxylic acids is 3. The lowest BCUT2D eigenvalue weighted by molar-refractivity contribution is -0.121. The Morgan fingerprint density at radius 3 is 2.83 bits per heavy atom. The van der Waals surface area contributed by atoms with Gasteiger partial charge in [-0.1, -0.05) is 18.2 Å². The molecule has 0 bridgehead atoms. The van der Waals surface area contributed by atoms with Gasteiger partial charge in [-0.2, -0.15) is 0 Å². The zero-order valence-electron chi connectivity index (χ0n) is 16.1. The van der Waals surface area contributed by atoms with Crippen LogP contribution in [0.15, 0.2) is 55.1 Å². The number of hydrogen-bond acceptors (Lipinski definition) is 5. The summed E-state index contributed by atoms with van der Waals surface area (Å²) < 4.78 is 10.7.